The van der Waals surface area contributed by atoms with Gasteiger partial charge in [-0.1, -0.05) is 0 Å². The summed E-state index contributed by atoms with van der Waals surface area (Å²) < 4.78 is 0. The molecule has 0 saturated carbocycles. The molecule has 116 valence electrons. The van der Waals surface area contributed by atoms with E-state index in [1.165, 1.54) is 11.3 Å². The predicted octanol–water partition coefficient (Wildman–Crippen LogP) is 1.07. The number of aliphatic hydroxyl groups is 1. The van der Waals surface area contributed by atoms with Gasteiger partial charge in [-0.25, -0.2) is 4.79 Å². The van der Waals surface area contributed by atoms with Gasteiger partial charge in [0, 0.05) is 30.7 Å². The number of likely N-dealkylation sites (tertiary alicyclic amines) is 1. The zero-order chi connectivity index (χ0) is 14.8. The first kappa shape index (κ1) is 14.4. The maximum absolute atomic E-state index is 12.4. The molecular formula is C15H24N4O2. The third-order valence-corrected chi connectivity index (χ3v) is 4.77. The number of aryl methyl sites for hydroxylation is 1. The van der Waals surface area contributed by atoms with Gasteiger partial charge >= 0.3 is 6.03 Å². The highest BCUT2D eigenvalue weighted by molar-refractivity contribution is 5.74. The van der Waals surface area contributed by atoms with Crippen molar-refractivity contribution in [3.63, 3.8) is 0 Å². The second-order valence-corrected chi connectivity index (χ2v) is 6.35. The Morgan fingerprint density at radius 2 is 2.43 bits per heavy atom. The van der Waals surface area contributed by atoms with Crippen molar-refractivity contribution in [2.45, 2.75) is 51.2 Å². The standard InChI is InChI=1S/C15H24N4O2/c1-10(20)11-3-2-6-19(9-11)15(21)17-13-4-5-14-12(7-13)8-16-18-14/h8,10-11,13,20H,2-7,9H2,1H3,(H,16,18)(H,17,21). The van der Waals surface area contributed by atoms with E-state index < -0.39 is 0 Å². The molecule has 2 aliphatic rings. The van der Waals surface area contributed by atoms with Crippen molar-refractivity contribution in [3.8, 4) is 0 Å². The number of amides is 2. The Morgan fingerprint density at radius 1 is 1.57 bits per heavy atom. The van der Waals surface area contributed by atoms with Crippen LogP contribution in [0.15, 0.2) is 6.20 Å². The highest BCUT2D eigenvalue weighted by Crippen LogP contribution is 2.21. The number of hydrogen-bond acceptors (Lipinski definition) is 3. The van der Waals surface area contributed by atoms with Gasteiger partial charge in [-0.2, -0.15) is 5.10 Å². The molecule has 2 heterocycles. The van der Waals surface area contributed by atoms with Crippen LogP contribution in [0.2, 0.25) is 0 Å². The summed E-state index contributed by atoms with van der Waals surface area (Å²) in [5, 5.41) is 19.9. The van der Waals surface area contributed by atoms with Gasteiger partial charge in [0.2, 0.25) is 0 Å². The van der Waals surface area contributed by atoms with Gasteiger partial charge < -0.3 is 15.3 Å². The molecule has 0 bridgehead atoms. The zero-order valence-corrected chi connectivity index (χ0v) is 12.5. The van der Waals surface area contributed by atoms with Crippen molar-refractivity contribution < 1.29 is 9.90 Å². The van der Waals surface area contributed by atoms with Crippen molar-refractivity contribution in [1.29, 1.82) is 0 Å². The lowest BCUT2D eigenvalue weighted by molar-refractivity contribution is 0.0732. The van der Waals surface area contributed by atoms with E-state index in [4.69, 9.17) is 0 Å². The highest BCUT2D eigenvalue weighted by atomic mass is 16.3. The molecular weight excluding hydrogens is 268 g/mol. The third-order valence-electron chi connectivity index (χ3n) is 4.77. The number of hydrogen-bond donors (Lipinski definition) is 3. The van der Waals surface area contributed by atoms with Crippen molar-refractivity contribution in [3.05, 3.63) is 17.5 Å². The molecule has 0 aromatic carbocycles. The number of carbonyl (C=O) groups is 1. The number of urea groups is 1. The maximum atomic E-state index is 12.4. The first-order valence-electron chi connectivity index (χ1n) is 7.88. The molecule has 1 aliphatic heterocycles. The first-order chi connectivity index (χ1) is 10.1. The quantitative estimate of drug-likeness (QED) is 0.762. The number of nitrogens with one attached hydrogen (secondary N) is 2. The minimum atomic E-state index is -0.344. The number of piperidine rings is 1. The molecule has 3 atom stereocenters. The summed E-state index contributed by atoms with van der Waals surface area (Å²) in [6, 6.07) is 0.201. The van der Waals surface area contributed by atoms with E-state index in [2.05, 4.69) is 15.5 Å². The molecule has 21 heavy (non-hydrogen) atoms. The van der Waals surface area contributed by atoms with Gasteiger partial charge in [0.25, 0.3) is 0 Å². The Morgan fingerprint density at radius 3 is 3.24 bits per heavy atom. The summed E-state index contributed by atoms with van der Waals surface area (Å²) >= 11 is 0. The Labute approximate surface area is 124 Å². The number of carbonyl (C=O) groups excluding carboxylic acids is 1. The summed E-state index contributed by atoms with van der Waals surface area (Å²) in [6.45, 7) is 3.26. The van der Waals surface area contributed by atoms with Crippen molar-refractivity contribution in [1.82, 2.24) is 20.4 Å². The molecule has 3 rings (SSSR count). The zero-order valence-electron chi connectivity index (χ0n) is 12.5. The number of aromatic amines is 1. The van der Waals surface area contributed by atoms with Crippen LogP contribution in [0.4, 0.5) is 4.79 Å². The smallest absolute Gasteiger partial charge is 0.317 e. The average Bonchev–Trinajstić information content (AvgIpc) is 2.95. The summed E-state index contributed by atoms with van der Waals surface area (Å²) in [5.74, 6) is 0.205. The van der Waals surface area contributed by atoms with Crippen LogP contribution in [0.3, 0.4) is 0 Å². The second kappa shape index (κ2) is 6.05. The van der Waals surface area contributed by atoms with E-state index in [0.29, 0.717) is 6.54 Å². The van der Waals surface area contributed by atoms with E-state index in [-0.39, 0.29) is 24.1 Å². The number of fused-ring (bicyclic) bond motifs is 1. The van der Waals surface area contributed by atoms with Crippen LogP contribution >= 0.6 is 0 Å². The lowest BCUT2D eigenvalue weighted by Gasteiger charge is -2.35. The Kier molecular flexibility index (Phi) is 4.14. The molecule has 3 N–H and O–H groups in total. The summed E-state index contributed by atoms with van der Waals surface area (Å²) in [6.07, 6.45) is 6.24. The molecule has 2 amide bonds. The number of nitrogens with zero attached hydrogens (tertiary/aromatic N) is 2. The molecule has 3 unspecified atom stereocenters. The van der Waals surface area contributed by atoms with Crippen LogP contribution < -0.4 is 5.32 Å². The lowest BCUT2D eigenvalue weighted by Crippen LogP contribution is -2.51. The number of aromatic nitrogens is 2. The Balaban J connectivity index is 1.54. The van der Waals surface area contributed by atoms with E-state index >= 15 is 0 Å². The number of aliphatic hydroxyl groups excluding tert-OH is 1. The largest absolute Gasteiger partial charge is 0.393 e. The Hall–Kier alpha value is -1.56. The molecule has 6 heteroatoms. The molecule has 1 fully saturated rings. The maximum Gasteiger partial charge on any atom is 0.317 e. The van der Waals surface area contributed by atoms with Crippen LogP contribution in [0.1, 0.15) is 37.4 Å². The van der Waals surface area contributed by atoms with Gasteiger partial charge in [0.15, 0.2) is 0 Å². The Bertz CT molecular complexity index is 500. The predicted molar refractivity (Wildman–Crippen MR) is 78.9 cm³/mol. The molecule has 6 nitrogen and oxygen atoms in total. The van der Waals surface area contributed by atoms with Gasteiger partial charge in [0.05, 0.1) is 12.3 Å². The summed E-state index contributed by atoms with van der Waals surface area (Å²) in [7, 11) is 0. The van der Waals surface area contributed by atoms with E-state index in [0.717, 1.165) is 38.6 Å². The van der Waals surface area contributed by atoms with Crippen molar-refractivity contribution in [2.24, 2.45) is 5.92 Å². The summed E-state index contributed by atoms with van der Waals surface area (Å²) in [5.41, 5.74) is 2.42. The van der Waals surface area contributed by atoms with E-state index in [9.17, 15) is 9.90 Å². The van der Waals surface area contributed by atoms with Gasteiger partial charge in [-0.15, -0.1) is 0 Å². The number of rotatable bonds is 2. The topological polar surface area (TPSA) is 81.2 Å². The van der Waals surface area contributed by atoms with Gasteiger partial charge in [-0.05, 0) is 44.6 Å². The highest BCUT2D eigenvalue weighted by Gasteiger charge is 2.28. The SMILES string of the molecule is CC(O)C1CCCN(C(=O)NC2CCc3[nH]ncc3C2)C1. The van der Waals surface area contributed by atoms with E-state index in [1.54, 1.807) is 0 Å². The number of H-pyrrole nitrogens is 1. The fraction of sp³-hybridized carbons (Fsp3) is 0.733. The third kappa shape index (κ3) is 3.20. The fourth-order valence-corrected chi connectivity index (χ4v) is 3.39. The fourth-order valence-electron chi connectivity index (χ4n) is 3.39. The summed E-state index contributed by atoms with van der Waals surface area (Å²) in [4.78, 5) is 14.2. The molecule has 1 aromatic rings. The van der Waals surface area contributed by atoms with Gasteiger partial charge in [-0.3, -0.25) is 5.10 Å². The van der Waals surface area contributed by atoms with Crippen LogP contribution in [0, 0.1) is 5.92 Å². The minimum Gasteiger partial charge on any atom is -0.393 e. The second-order valence-electron chi connectivity index (χ2n) is 6.35. The van der Waals surface area contributed by atoms with Gasteiger partial charge in [0.1, 0.15) is 0 Å². The van der Waals surface area contributed by atoms with Crippen molar-refractivity contribution in [2.75, 3.05) is 13.1 Å². The van der Waals surface area contributed by atoms with Crippen LogP contribution in [-0.4, -0.2) is 51.5 Å². The lowest BCUT2D eigenvalue weighted by atomic mass is 9.93. The molecule has 0 spiro atoms. The molecule has 1 saturated heterocycles. The molecule has 1 aromatic heterocycles. The van der Waals surface area contributed by atoms with E-state index in [1.807, 2.05) is 18.0 Å². The monoisotopic (exact) mass is 292 g/mol. The molecule has 1 aliphatic carbocycles. The molecule has 0 radical (unpaired) electrons. The van der Waals surface area contributed by atoms with Crippen LogP contribution in [0.5, 0.6) is 0 Å². The van der Waals surface area contributed by atoms with Crippen molar-refractivity contribution >= 4 is 6.03 Å². The van der Waals surface area contributed by atoms with Crippen LogP contribution in [-0.2, 0) is 12.8 Å². The normalized spacial score (nSPS) is 27.0. The minimum absolute atomic E-state index is 0.0114. The first-order valence-corrected chi connectivity index (χ1v) is 7.88. The van der Waals surface area contributed by atoms with Crippen LogP contribution in [0.25, 0.3) is 0 Å². The average molecular weight is 292 g/mol.